The minimum absolute atomic E-state index is 0.128. The summed E-state index contributed by atoms with van der Waals surface area (Å²) in [5.41, 5.74) is 2.57. The first-order chi connectivity index (χ1) is 17.4. The summed E-state index contributed by atoms with van der Waals surface area (Å²) in [4.78, 5) is 29.3. The Morgan fingerprint density at radius 1 is 0.917 bits per heavy atom. The molecular weight excluding hydrogens is 489 g/mol. The average Bonchev–Trinajstić information content (AvgIpc) is 3.45. The van der Waals surface area contributed by atoms with E-state index in [1.54, 1.807) is 29.3 Å². The van der Waals surface area contributed by atoms with Crippen LogP contribution in [0, 0.1) is 17.5 Å². The number of anilines is 1. The van der Waals surface area contributed by atoms with Gasteiger partial charge in [-0.25, -0.2) is 18.2 Å². The van der Waals surface area contributed by atoms with Crippen LogP contribution < -0.4 is 5.32 Å². The first-order valence-corrected chi connectivity index (χ1v) is 12.0. The van der Waals surface area contributed by atoms with Gasteiger partial charge in [-0.1, -0.05) is 36.0 Å². The zero-order chi connectivity index (χ0) is 25.2. The summed E-state index contributed by atoms with van der Waals surface area (Å²) in [6.45, 7) is 0. The Labute approximate surface area is 208 Å². The molecule has 0 spiro atoms. The Morgan fingerprint density at radius 2 is 1.50 bits per heavy atom. The van der Waals surface area contributed by atoms with Gasteiger partial charge in [-0.05, 0) is 59.7 Å². The fraction of sp³-hybridized carbons (Fsp3) is 0.154. The van der Waals surface area contributed by atoms with Gasteiger partial charge in [-0.15, -0.1) is 0 Å². The van der Waals surface area contributed by atoms with Gasteiger partial charge in [0.05, 0.1) is 11.8 Å². The van der Waals surface area contributed by atoms with Gasteiger partial charge >= 0.3 is 0 Å². The molecule has 2 atom stereocenters. The Morgan fingerprint density at radius 3 is 2.14 bits per heavy atom. The summed E-state index contributed by atoms with van der Waals surface area (Å²) in [7, 11) is 0. The van der Waals surface area contributed by atoms with E-state index >= 15 is 0 Å². The first-order valence-electron chi connectivity index (χ1n) is 11.1. The molecule has 0 aliphatic carbocycles. The van der Waals surface area contributed by atoms with Crippen LogP contribution in [0.2, 0.25) is 0 Å². The standard InChI is InChI=1S/C26H19F3N4O2S/c27-17-5-1-15(2-6-17)21-13-22(16-3-7-18(28)8-4-16)33(32-21)26-31-25(35)23(36-26)14-24(34)30-20-11-9-19(29)10-12-20/h1-12,22-23H,13-14H2,(H,30,34)/t22-,23-/m0/s1. The van der Waals surface area contributed by atoms with Gasteiger partial charge in [0, 0.05) is 18.5 Å². The summed E-state index contributed by atoms with van der Waals surface area (Å²) in [6, 6.07) is 16.9. The van der Waals surface area contributed by atoms with Crippen molar-refractivity contribution in [2.75, 3.05) is 5.32 Å². The number of halogens is 3. The molecule has 0 saturated heterocycles. The van der Waals surface area contributed by atoms with Crippen LogP contribution in [0.25, 0.3) is 0 Å². The summed E-state index contributed by atoms with van der Waals surface area (Å²) in [5, 5.41) is 8.49. The van der Waals surface area contributed by atoms with E-state index in [0.717, 1.165) is 22.9 Å². The number of amidine groups is 1. The molecule has 36 heavy (non-hydrogen) atoms. The molecular formula is C26H19F3N4O2S. The second-order valence-electron chi connectivity index (χ2n) is 8.27. The number of hydrogen-bond acceptors (Lipinski definition) is 5. The molecule has 0 bridgehead atoms. The molecule has 0 saturated carbocycles. The number of aliphatic imine (C=N–C) groups is 1. The molecule has 6 nitrogen and oxygen atoms in total. The largest absolute Gasteiger partial charge is 0.326 e. The normalized spacial score (nSPS) is 19.3. The number of nitrogens with zero attached hydrogens (tertiary/aromatic N) is 3. The molecule has 0 fully saturated rings. The Kier molecular flexibility index (Phi) is 6.60. The third-order valence-electron chi connectivity index (χ3n) is 5.77. The van der Waals surface area contributed by atoms with E-state index in [0.29, 0.717) is 23.0 Å². The van der Waals surface area contributed by atoms with Gasteiger partial charge in [-0.3, -0.25) is 9.59 Å². The van der Waals surface area contributed by atoms with Gasteiger partial charge in [0.2, 0.25) is 5.91 Å². The Balaban J connectivity index is 1.35. The molecule has 1 N–H and O–H groups in total. The van der Waals surface area contributed by atoms with Crippen LogP contribution in [0.1, 0.15) is 30.0 Å². The molecule has 0 radical (unpaired) electrons. The van der Waals surface area contributed by atoms with E-state index < -0.39 is 22.9 Å². The highest BCUT2D eigenvalue weighted by Gasteiger charge is 2.39. The number of hydrogen-bond donors (Lipinski definition) is 1. The van der Waals surface area contributed by atoms with E-state index in [1.165, 1.54) is 48.5 Å². The number of hydrazone groups is 1. The highest BCUT2D eigenvalue weighted by Crippen LogP contribution is 2.38. The maximum Gasteiger partial charge on any atom is 0.262 e. The first kappa shape index (κ1) is 23.8. The van der Waals surface area contributed by atoms with Gasteiger partial charge in [0.15, 0.2) is 5.17 Å². The van der Waals surface area contributed by atoms with Crippen molar-refractivity contribution in [2.45, 2.75) is 24.1 Å². The minimum Gasteiger partial charge on any atom is -0.326 e. The van der Waals surface area contributed by atoms with E-state index in [2.05, 4.69) is 15.4 Å². The number of thioether (sulfide) groups is 1. The van der Waals surface area contributed by atoms with E-state index in [-0.39, 0.29) is 24.1 Å². The molecule has 0 unspecified atom stereocenters. The van der Waals surface area contributed by atoms with Crippen LogP contribution >= 0.6 is 11.8 Å². The molecule has 182 valence electrons. The fourth-order valence-electron chi connectivity index (χ4n) is 3.97. The van der Waals surface area contributed by atoms with Crippen molar-refractivity contribution in [1.82, 2.24) is 5.01 Å². The third kappa shape index (κ3) is 5.18. The zero-order valence-electron chi connectivity index (χ0n) is 18.7. The molecule has 2 amide bonds. The lowest BCUT2D eigenvalue weighted by molar-refractivity contribution is -0.121. The summed E-state index contributed by atoms with van der Waals surface area (Å²) in [5.74, 6) is -2.04. The van der Waals surface area contributed by atoms with Crippen LogP contribution in [-0.4, -0.2) is 33.0 Å². The second kappa shape index (κ2) is 9.98. The Bertz CT molecular complexity index is 1360. The molecule has 3 aromatic carbocycles. The SMILES string of the molecule is O=C(C[C@@H]1SC(N2N=C(c3ccc(F)cc3)C[C@H]2c2ccc(F)cc2)=NC1=O)Nc1ccc(F)cc1. The molecule has 5 rings (SSSR count). The highest BCUT2D eigenvalue weighted by atomic mass is 32.2. The molecule has 2 heterocycles. The molecule has 10 heteroatoms. The number of nitrogens with one attached hydrogen (secondary N) is 1. The smallest absolute Gasteiger partial charge is 0.262 e. The number of carbonyl (C=O) groups excluding carboxylic acids is 2. The van der Waals surface area contributed by atoms with Crippen molar-refractivity contribution in [3.05, 3.63) is 101 Å². The van der Waals surface area contributed by atoms with E-state index in [1.807, 2.05) is 0 Å². The van der Waals surface area contributed by atoms with Crippen LogP contribution in [0.15, 0.2) is 82.9 Å². The van der Waals surface area contributed by atoms with Crippen molar-refractivity contribution in [2.24, 2.45) is 10.1 Å². The van der Waals surface area contributed by atoms with Crippen LogP contribution in [0.4, 0.5) is 18.9 Å². The number of carbonyl (C=O) groups is 2. The van der Waals surface area contributed by atoms with Gasteiger partial charge < -0.3 is 5.32 Å². The average molecular weight is 509 g/mol. The number of benzene rings is 3. The summed E-state index contributed by atoms with van der Waals surface area (Å²) in [6.07, 6.45) is 0.304. The Hall–Kier alpha value is -3.92. The van der Waals surface area contributed by atoms with Crippen molar-refractivity contribution in [3.63, 3.8) is 0 Å². The van der Waals surface area contributed by atoms with E-state index in [9.17, 15) is 22.8 Å². The van der Waals surface area contributed by atoms with Crippen molar-refractivity contribution < 1.29 is 22.8 Å². The number of rotatable bonds is 5. The maximum atomic E-state index is 13.5. The lowest BCUT2D eigenvalue weighted by Gasteiger charge is -2.23. The number of amides is 2. The van der Waals surface area contributed by atoms with Gasteiger partial charge in [0.1, 0.15) is 22.7 Å². The molecule has 3 aromatic rings. The quantitative estimate of drug-likeness (QED) is 0.509. The lowest BCUT2D eigenvalue weighted by Crippen LogP contribution is -2.25. The maximum absolute atomic E-state index is 13.5. The fourth-order valence-corrected chi connectivity index (χ4v) is 5.03. The molecule has 2 aliphatic heterocycles. The predicted molar refractivity (Wildman–Crippen MR) is 132 cm³/mol. The van der Waals surface area contributed by atoms with E-state index in [4.69, 9.17) is 0 Å². The lowest BCUT2D eigenvalue weighted by atomic mass is 9.98. The van der Waals surface area contributed by atoms with Crippen LogP contribution in [0.5, 0.6) is 0 Å². The third-order valence-corrected chi connectivity index (χ3v) is 6.91. The highest BCUT2D eigenvalue weighted by molar-refractivity contribution is 8.15. The van der Waals surface area contributed by atoms with Crippen molar-refractivity contribution in [3.8, 4) is 0 Å². The summed E-state index contributed by atoms with van der Waals surface area (Å²) >= 11 is 1.12. The zero-order valence-corrected chi connectivity index (χ0v) is 19.5. The van der Waals surface area contributed by atoms with Crippen molar-refractivity contribution >= 4 is 40.1 Å². The van der Waals surface area contributed by atoms with Gasteiger partial charge in [0.25, 0.3) is 5.91 Å². The van der Waals surface area contributed by atoms with Crippen molar-refractivity contribution in [1.29, 1.82) is 0 Å². The van der Waals surface area contributed by atoms with Crippen LogP contribution in [0.3, 0.4) is 0 Å². The minimum atomic E-state index is -0.751. The second-order valence-corrected chi connectivity index (χ2v) is 9.44. The topological polar surface area (TPSA) is 74.1 Å². The monoisotopic (exact) mass is 508 g/mol. The predicted octanol–water partition coefficient (Wildman–Crippen LogP) is 5.28. The van der Waals surface area contributed by atoms with Gasteiger partial charge in [-0.2, -0.15) is 10.1 Å². The molecule has 0 aromatic heterocycles. The van der Waals surface area contributed by atoms with Crippen LogP contribution in [-0.2, 0) is 9.59 Å². The summed E-state index contributed by atoms with van der Waals surface area (Å²) < 4.78 is 40.1. The molecule has 2 aliphatic rings.